The van der Waals surface area contributed by atoms with Gasteiger partial charge in [-0.2, -0.15) is 0 Å². The summed E-state index contributed by atoms with van der Waals surface area (Å²) in [6.07, 6.45) is -0.444. The van der Waals surface area contributed by atoms with Crippen LogP contribution in [0.1, 0.15) is 13.8 Å². The zero-order valence-electron chi connectivity index (χ0n) is 14.1. The predicted octanol–water partition coefficient (Wildman–Crippen LogP) is 0.555. The quantitative estimate of drug-likeness (QED) is 0.838. The summed E-state index contributed by atoms with van der Waals surface area (Å²) < 4.78 is 7.21. The van der Waals surface area contributed by atoms with E-state index in [2.05, 4.69) is 29.0 Å². The summed E-state index contributed by atoms with van der Waals surface area (Å²) in [5.74, 6) is -0.117. The number of ether oxygens (including phenoxy) is 1. The van der Waals surface area contributed by atoms with Gasteiger partial charge in [0.25, 0.3) is 5.91 Å². The average molecular weight is 332 g/mol. The van der Waals surface area contributed by atoms with Crippen LogP contribution in [-0.2, 0) is 16.1 Å². The second-order valence-corrected chi connectivity index (χ2v) is 6.34. The molecular weight excluding hydrogens is 308 g/mol. The van der Waals surface area contributed by atoms with E-state index in [0.29, 0.717) is 32.3 Å². The zero-order valence-corrected chi connectivity index (χ0v) is 14.1. The van der Waals surface area contributed by atoms with E-state index < -0.39 is 6.10 Å². The topological polar surface area (TPSA) is 79.4 Å². The number of hydrogen-bond donors (Lipinski definition) is 2. The lowest BCUT2D eigenvalue weighted by atomic mass is 10.2. The minimum atomic E-state index is -0.444. The van der Waals surface area contributed by atoms with Gasteiger partial charge < -0.3 is 15.0 Å². The van der Waals surface area contributed by atoms with Crippen molar-refractivity contribution in [3.8, 4) is 0 Å². The molecule has 1 amide bonds. The number of morpholine rings is 1. The fourth-order valence-electron chi connectivity index (χ4n) is 3.03. The molecule has 0 unspecified atom stereocenters. The molecule has 1 atom stereocenters. The lowest BCUT2D eigenvalue weighted by Crippen LogP contribution is -2.52. The van der Waals surface area contributed by atoms with Gasteiger partial charge >= 0.3 is 5.69 Å². The van der Waals surface area contributed by atoms with E-state index in [-0.39, 0.29) is 11.6 Å². The van der Waals surface area contributed by atoms with E-state index in [1.165, 1.54) is 0 Å². The van der Waals surface area contributed by atoms with Crippen LogP contribution in [0.25, 0.3) is 11.0 Å². The molecule has 24 heavy (non-hydrogen) atoms. The van der Waals surface area contributed by atoms with Crippen molar-refractivity contribution in [1.29, 1.82) is 0 Å². The Bertz CT molecular complexity index is 765. The summed E-state index contributed by atoms with van der Waals surface area (Å²) in [5, 5.41) is 2.88. The minimum absolute atomic E-state index is 0.117. The molecule has 1 aliphatic rings. The highest BCUT2D eigenvalue weighted by atomic mass is 16.5. The largest absolute Gasteiger partial charge is 0.366 e. The van der Waals surface area contributed by atoms with Crippen LogP contribution in [0.5, 0.6) is 0 Å². The van der Waals surface area contributed by atoms with Crippen molar-refractivity contribution in [2.45, 2.75) is 32.5 Å². The molecule has 0 bridgehead atoms. The summed E-state index contributed by atoms with van der Waals surface area (Å²) in [6, 6.07) is 7.92. The highest BCUT2D eigenvalue weighted by molar-refractivity contribution is 5.81. The first-order chi connectivity index (χ1) is 11.6. The van der Waals surface area contributed by atoms with Crippen LogP contribution < -0.4 is 11.0 Å². The van der Waals surface area contributed by atoms with Crippen LogP contribution in [0.2, 0.25) is 0 Å². The minimum Gasteiger partial charge on any atom is -0.366 e. The second kappa shape index (κ2) is 7.19. The van der Waals surface area contributed by atoms with Crippen LogP contribution in [0, 0.1) is 0 Å². The molecule has 1 aromatic carbocycles. The van der Waals surface area contributed by atoms with Crippen molar-refractivity contribution in [2.24, 2.45) is 0 Å². The van der Waals surface area contributed by atoms with Gasteiger partial charge in [-0.25, -0.2) is 4.79 Å². The molecule has 7 heteroatoms. The summed E-state index contributed by atoms with van der Waals surface area (Å²) in [6.45, 7) is 7.08. The van der Waals surface area contributed by atoms with Crippen molar-refractivity contribution in [2.75, 3.05) is 26.2 Å². The van der Waals surface area contributed by atoms with Crippen LogP contribution in [0.3, 0.4) is 0 Å². The maximum Gasteiger partial charge on any atom is 0.326 e. The predicted molar refractivity (Wildman–Crippen MR) is 92.0 cm³/mol. The van der Waals surface area contributed by atoms with Gasteiger partial charge in [0, 0.05) is 32.2 Å². The molecule has 7 nitrogen and oxygen atoms in total. The molecule has 0 radical (unpaired) electrons. The van der Waals surface area contributed by atoms with Crippen molar-refractivity contribution in [1.82, 2.24) is 19.8 Å². The van der Waals surface area contributed by atoms with Gasteiger partial charge in [-0.3, -0.25) is 14.3 Å². The smallest absolute Gasteiger partial charge is 0.326 e. The lowest BCUT2D eigenvalue weighted by Gasteiger charge is -2.34. The number of aromatic nitrogens is 2. The summed E-state index contributed by atoms with van der Waals surface area (Å²) >= 11 is 0. The van der Waals surface area contributed by atoms with Crippen LogP contribution in [0.15, 0.2) is 29.1 Å². The number of para-hydroxylation sites is 2. The van der Waals surface area contributed by atoms with Gasteiger partial charge in [-0.1, -0.05) is 12.1 Å². The third-order valence-corrected chi connectivity index (χ3v) is 4.44. The molecule has 1 saturated heterocycles. The Morgan fingerprint density at radius 2 is 2.21 bits per heavy atom. The van der Waals surface area contributed by atoms with Crippen molar-refractivity contribution < 1.29 is 9.53 Å². The maximum atomic E-state index is 12.3. The maximum absolute atomic E-state index is 12.3. The number of amides is 1. The lowest BCUT2D eigenvalue weighted by molar-refractivity contribution is -0.139. The number of carbonyl (C=O) groups excluding carboxylic acids is 1. The van der Waals surface area contributed by atoms with E-state index >= 15 is 0 Å². The number of carbonyl (C=O) groups is 1. The molecular formula is C17H24N4O3. The molecule has 0 saturated carbocycles. The van der Waals surface area contributed by atoms with Gasteiger partial charge in [0.05, 0.1) is 17.6 Å². The Labute approximate surface area is 140 Å². The molecule has 2 heterocycles. The summed E-state index contributed by atoms with van der Waals surface area (Å²) in [4.78, 5) is 29.3. The molecule has 2 N–H and O–H groups in total. The number of aromatic amines is 1. The first kappa shape index (κ1) is 16.7. The highest BCUT2D eigenvalue weighted by Crippen LogP contribution is 2.10. The molecule has 1 aliphatic heterocycles. The number of hydrogen-bond acceptors (Lipinski definition) is 4. The Kier molecular flexibility index (Phi) is 5.01. The van der Waals surface area contributed by atoms with Crippen LogP contribution >= 0.6 is 0 Å². The number of imidazole rings is 1. The molecule has 2 aromatic rings. The number of fused-ring (bicyclic) bond motifs is 1. The van der Waals surface area contributed by atoms with E-state index in [9.17, 15) is 9.59 Å². The molecule has 0 aliphatic carbocycles. The van der Waals surface area contributed by atoms with Gasteiger partial charge in [-0.05, 0) is 26.0 Å². The van der Waals surface area contributed by atoms with Crippen molar-refractivity contribution in [3.05, 3.63) is 34.7 Å². The van der Waals surface area contributed by atoms with Gasteiger partial charge in [0.15, 0.2) is 0 Å². The van der Waals surface area contributed by atoms with E-state index in [0.717, 1.165) is 17.6 Å². The first-order valence-corrected chi connectivity index (χ1v) is 8.37. The molecule has 130 valence electrons. The third-order valence-electron chi connectivity index (χ3n) is 4.44. The standard InChI is InChI=1S/C17H24N4O3/c1-12(2)20-9-10-24-15(11-20)16(22)18-7-8-21-14-6-4-3-5-13(14)19-17(21)23/h3-6,12,15H,7-11H2,1-2H3,(H,18,22)(H,19,23)/t15-/m1/s1. The number of rotatable bonds is 5. The monoisotopic (exact) mass is 332 g/mol. The SMILES string of the molecule is CC(C)N1CCO[C@@H](C(=O)NCCn2c(=O)[nH]c3ccccc32)C1. The Hall–Kier alpha value is -2.12. The van der Waals surface area contributed by atoms with E-state index in [1.54, 1.807) is 4.57 Å². The van der Waals surface area contributed by atoms with Crippen LogP contribution in [0.4, 0.5) is 0 Å². The van der Waals surface area contributed by atoms with E-state index in [1.807, 2.05) is 24.3 Å². The van der Waals surface area contributed by atoms with Crippen LogP contribution in [-0.4, -0.2) is 58.7 Å². The fourth-order valence-corrected chi connectivity index (χ4v) is 3.03. The van der Waals surface area contributed by atoms with E-state index in [4.69, 9.17) is 4.74 Å². The van der Waals surface area contributed by atoms with Gasteiger partial charge in [0.2, 0.25) is 0 Å². The summed E-state index contributed by atoms with van der Waals surface area (Å²) in [5.41, 5.74) is 1.49. The third kappa shape index (κ3) is 3.52. The Balaban J connectivity index is 1.57. The molecule has 1 aromatic heterocycles. The molecule has 0 spiro atoms. The molecule has 1 fully saturated rings. The van der Waals surface area contributed by atoms with Gasteiger partial charge in [-0.15, -0.1) is 0 Å². The average Bonchev–Trinajstić information content (AvgIpc) is 2.90. The van der Waals surface area contributed by atoms with Crippen molar-refractivity contribution in [3.63, 3.8) is 0 Å². The number of H-pyrrole nitrogens is 1. The molecule has 3 rings (SSSR count). The number of nitrogens with zero attached hydrogens (tertiary/aromatic N) is 2. The van der Waals surface area contributed by atoms with Crippen molar-refractivity contribution >= 4 is 16.9 Å². The fraction of sp³-hybridized carbons (Fsp3) is 0.529. The first-order valence-electron chi connectivity index (χ1n) is 8.37. The normalized spacial score (nSPS) is 19.0. The Morgan fingerprint density at radius 3 is 3.00 bits per heavy atom. The second-order valence-electron chi connectivity index (χ2n) is 6.34. The summed E-state index contributed by atoms with van der Waals surface area (Å²) in [7, 11) is 0. The highest BCUT2D eigenvalue weighted by Gasteiger charge is 2.27. The zero-order chi connectivity index (χ0) is 17.1. The number of benzene rings is 1. The number of nitrogens with one attached hydrogen (secondary N) is 2. The van der Waals surface area contributed by atoms with Gasteiger partial charge in [0.1, 0.15) is 6.10 Å². The Morgan fingerprint density at radius 1 is 1.42 bits per heavy atom.